The number of aliphatic hydroxyl groups excluding tert-OH is 3. The smallest absolute Gasteiger partial charge is 0.166 e. The van der Waals surface area contributed by atoms with Gasteiger partial charge < -0.3 is 24.6 Å². The summed E-state index contributed by atoms with van der Waals surface area (Å²) in [5.41, 5.74) is 2.85. The van der Waals surface area contributed by atoms with Gasteiger partial charge in [-0.15, -0.1) is 0 Å². The first-order valence-electron chi connectivity index (χ1n) is 8.92. The Balaban J connectivity index is 1.44. The fraction of sp³-hybridized carbons (Fsp3) is 0.333. The number of benzene rings is 1. The molecule has 3 N–H and O–H groups in total. The van der Waals surface area contributed by atoms with Crippen LogP contribution < -0.4 is 0 Å². The molecular weight excluding hydrogens is 398 g/mol. The van der Waals surface area contributed by atoms with Crippen LogP contribution in [0.2, 0.25) is 0 Å². The molecule has 0 bridgehead atoms. The molecule has 4 atom stereocenters. The Kier molecular flexibility index (Phi) is 4.68. The van der Waals surface area contributed by atoms with E-state index in [0.29, 0.717) is 21.9 Å². The van der Waals surface area contributed by atoms with Crippen LogP contribution in [0.1, 0.15) is 11.8 Å². The predicted octanol–water partition coefficient (Wildman–Crippen LogP) is 0.871. The SMILES string of the molecule is OC[C@H]1O[C@@H](n2cnc3c(SCc4cccc5conc45)ncnc32)[C@H](O)[C@@H]1O. The van der Waals surface area contributed by atoms with Gasteiger partial charge in [0.25, 0.3) is 0 Å². The summed E-state index contributed by atoms with van der Waals surface area (Å²) in [5, 5.41) is 35.3. The van der Waals surface area contributed by atoms with E-state index in [0.717, 1.165) is 16.5 Å². The Morgan fingerprint density at radius 2 is 2.00 bits per heavy atom. The number of imidazole rings is 1. The molecule has 4 heterocycles. The van der Waals surface area contributed by atoms with Crippen LogP contribution in [-0.4, -0.2) is 64.9 Å². The van der Waals surface area contributed by atoms with E-state index < -0.39 is 31.1 Å². The number of aromatic nitrogens is 5. The second-order valence-corrected chi connectivity index (χ2v) is 7.65. The van der Waals surface area contributed by atoms with Gasteiger partial charge >= 0.3 is 0 Å². The molecule has 1 fully saturated rings. The van der Waals surface area contributed by atoms with Crippen molar-refractivity contribution in [2.24, 2.45) is 0 Å². The summed E-state index contributed by atoms with van der Waals surface area (Å²) in [6.45, 7) is -0.398. The average molecular weight is 415 g/mol. The van der Waals surface area contributed by atoms with Gasteiger partial charge in [-0.05, 0) is 11.6 Å². The highest BCUT2D eigenvalue weighted by Gasteiger charge is 2.44. The lowest BCUT2D eigenvalue weighted by Gasteiger charge is -2.16. The summed E-state index contributed by atoms with van der Waals surface area (Å²) in [6, 6.07) is 5.86. The van der Waals surface area contributed by atoms with E-state index in [-0.39, 0.29) is 0 Å². The van der Waals surface area contributed by atoms with Crippen LogP contribution in [0.5, 0.6) is 0 Å². The molecule has 3 aromatic heterocycles. The average Bonchev–Trinajstić information content (AvgIpc) is 3.45. The molecule has 29 heavy (non-hydrogen) atoms. The Morgan fingerprint density at radius 1 is 1.10 bits per heavy atom. The van der Waals surface area contributed by atoms with Crippen LogP contribution in [0.25, 0.3) is 22.1 Å². The molecule has 0 amide bonds. The van der Waals surface area contributed by atoms with E-state index in [4.69, 9.17) is 9.26 Å². The molecule has 0 radical (unpaired) electrons. The number of hydrogen-bond acceptors (Lipinski definition) is 10. The standard InChI is InChI=1S/C18H17N5O5S/c24-4-11-14(25)15(26)18(28-11)23-8-21-13-16(23)19-7-20-17(13)29-6-10-3-1-2-9-5-27-22-12(9)10/h1-3,5,7-8,11,14-15,18,24-26H,4,6H2/t11-,14-,15-,18-/m1/s1. The Labute approximate surface area is 168 Å². The molecule has 1 aromatic carbocycles. The maximum atomic E-state index is 10.3. The van der Waals surface area contributed by atoms with Crippen molar-refractivity contribution in [1.82, 2.24) is 24.7 Å². The number of aliphatic hydroxyl groups is 3. The van der Waals surface area contributed by atoms with E-state index in [1.54, 1.807) is 10.8 Å². The van der Waals surface area contributed by atoms with E-state index in [2.05, 4.69) is 20.1 Å². The maximum Gasteiger partial charge on any atom is 0.166 e. The zero-order chi connectivity index (χ0) is 20.0. The van der Waals surface area contributed by atoms with Crippen molar-refractivity contribution in [2.45, 2.75) is 35.3 Å². The van der Waals surface area contributed by atoms with Gasteiger partial charge in [-0.2, -0.15) is 0 Å². The topological polar surface area (TPSA) is 140 Å². The Morgan fingerprint density at radius 3 is 2.83 bits per heavy atom. The second-order valence-electron chi connectivity index (χ2n) is 6.69. The van der Waals surface area contributed by atoms with Crippen LogP contribution in [0, 0.1) is 0 Å². The number of thioether (sulfide) groups is 1. The van der Waals surface area contributed by atoms with Gasteiger partial charge in [0.15, 0.2) is 11.9 Å². The van der Waals surface area contributed by atoms with Gasteiger partial charge in [-0.1, -0.05) is 29.1 Å². The summed E-state index contributed by atoms with van der Waals surface area (Å²) in [4.78, 5) is 13.0. The summed E-state index contributed by atoms with van der Waals surface area (Å²) in [6.07, 6.45) is 0.342. The van der Waals surface area contributed by atoms with Gasteiger partial charge in [0.2, 0.25) is 0 Å². The third-order valence-corrected chi connectivity index (χ3v) is 5.98. The molecule has 0 unspecified atom stereocenters. The third kappa shape index (κ3) is 3.07. The van der Waals surface area contributed by atoms with Gasteiger partial charge in [-0.25, -0.2) is 15.0 Å². The fourth-order valence-electron chi connectivity index (χ4n) is 3.45. The molecule has 10 nitrogen and oxygen atoms in total. The number of ether oxygens (including phenoxy) is 1. The third-order valence-electron chi connectivity index (χ3n) is 4.96. The Hall–Kier alpha value is -2.57. The quantitative estimate of drug-likeness (QED) is 0.318. The number of rotatable bonds is 5. The number of hydrogen-bond donors (Lipinski definition) is 3. The summed E-state index contributed by atoms with van der Waals surface area (Å²) in [5.74, 6) is 0.608. The molecule has 1 aliphatic heterocycles. The van der Waals surface area contributed by atoms with Crippen molar-refractivity contribution in [2.75, 3.05) is 6.61 Å². The zero-order valence-electron chi connectivity index (χ0n) is 15.0. The van der Waals surface area contributed by atoms with Gasteiger partial charge in [0.05, 0.1) is 12.9 Å². The molecule has 11 heteroatoms. The molecule has 0 aliphatic carbocycles. The molecule has 0 saturated carbocycles. The predicted molar refractivity (Wildman–Crippen MR) is 102 cm³/mol. The minimum Gasteiger partial charge on any atom is -0.394 e. The van der Waals surface area contributed by atoms with Crippen molar-refractivity contribution < 1.29 is 24.6 Å². The number of fused-ring (bicyclic) bond motifs is 2. The molecule has 1 saturated heterocycles. The van der Waals surface area contributed by atoms with E-state index in [1.165, 1.54) is 24.4 Å². The first-order valence-corrected chi connectivity index (χ1v) is 9.90. The normalized spacial score (nSPS) is 24.7. The van der Waals surface area contributed by atoms with Gasteiger partial charge in [0.1, 0.15) is 47.0 Å². The fourth-order valence-corrected chi connectivity index (χ4v) is 4.38. The zero-order valence-corrected chi connectivity index (χ0v) is 15.8. The van der Waals surface area contributed by atoms with Gasteiger partial charge in [-0.3, -0.25) is 4.57 Å². The lowest BCUT2D eigenvalue weighted by atomic mass is 10.1. The molecule has 150 valence electrons. The molecule has 1 aliphatic rings. The monoisotopic (exact) mass is 415 g/mol. The van der Waals surface area contributed by atoms with Crippen molar-refractivity contribution >= 4 is 33.8 Å². The van der Waals surface area contributed by atoms with Gasteiger partial charge in [0, 0.05) is 11.1 Å². The van der Waals surface area contributed by atoms with Crippen molar-refractivity contribution in [1.29, 1.82) is 0 Å². The van der Waals surface area contributed by atoms with Crippen LogP contribution in [0.3, 0.4) is 0 Å². The van der Waals surface area contributed by atoms with E-state index in [9.17, 15) is 15.3 Å². The largest absolute Gasteiger partial charge is 0.394 e. The highest BCUT2D eigenvalue weighted by atomic mass is 32.2. The molecular formula is C18H17N5O5S. The molecule has 4 aromatic rings. The molecule has 5 rings (SSSR count). The highest BCUT2D eigenvalue weighted by Crippen LogP contribution is 2.34. The van der Waals surface area contributed by atoms with Crippen LogP contribution in [0.15, 0.2) is 46.7 Å². The van der Waals surface area contributed by atoms with Crippen molar-refractivity contribution in [3.63, 3.8) is 0 Å². The lowest BCUT2D eigenvalue weighted by Crippen LogP contribution is -2.33. The lowest BCUT2D eigenvalue weighted by molar-refractivity contribution is -0.0511. The van der Waals surface area contributed by atoms with E-state index >= 15 is 0 Å². The summed E-state index contributed by atoms with van der Waals surface area (Å²) >= 11 is 1.48. The van der Waals surface area contributed by atoms with Crippen molar-refractivity contribution in [3.8, 4) is 0 Å². The molecule has 0 spiro atoms. The van der Waals surface area contributed by atoms with Crippen molar-refractivity contribution in [3.05, 3.63) is 42.7 Å². The Bertz CT molecular complexity index is 1160. The summed E-state index contributed by atoms with van der Waals surface area (Å²) in [7, 11) is 0. The van der Waals surface area contributed by atoms with Crippen LogP contribution >= 0.6 is 11.8 Å². The maximum absolute atomic E-state index is 10.3. The minimum atomic E-state index is -1.21. The first kappa shape index (κ1) is 18.5. The van der Waals surface area contributed by atoms with Crippen LogP contribution in [0.4, 0.5) is 0 Å². The first-order chi connectivity index (χ1) is 14.2. The highest BCUT2D eigenvalue weighted by molar-refractivity contribution is 7.98. The minimum absolute atomic E-state index is 0.398. The summed E-state index contributed by atoms with van der Waals surface area (Å²) < 4.78 is 12.2. The van der Waals surface area contributed by atoms with E-state index in [1.807, 2.05) is 18.2 Å². The van der Waals surface area contributed by atoms with Crippen LogP contribution in [-0.2, 0) is 10.5 Å². The number of nitrogens with zero attached hydrogens (tertiary/aromatic N) is 5. The second kappa shape index (κ2) is 7.35.